The average molecular weight is 585 g/mol. The number of aliphatic hydroxyl groups is 1. The number of carbonyl (C=O) groups excluding carboxylic acids is 1. The Morgan fingerprint density at radius 2 is 1.72 bits per heavy atom. The van der Waals surface area contributed by atoms with Gasteiger partial charge in [-0.25, -0.2) is 4.98 Å². The third kappa shape index (κ3) is 5.85. The Morgan fingerprint density at radius 1 is 1.02 bits per heavy atom. The first-order valence-corrected chi connectivity index (χ1v) is 16.2. The van der Waals surface area contributed by atoms with Crippen molar-refractivity contribution in [2.45, 2.75) is 109 Å². The molecule has 0 unspecified atom stereocenters. The zero-order chi connectivity index (χ0) is 30.4. The van der Waals surface area contributed by atoms with Crippen molar-refractivity contribution in [3.63, 3.8) is 0 Å². The van der Waals surface area contributed by atoms with E-state index in [1.54, 1.807) is 7.11 Å². The number of benzene rings is 1. The molecule has 0 spiro atoms. The Morgan fingerprint density at radius 3 is 2.33 bits per heavy atom. The number of rotatable bonds is 7. The van der Waals surface area contributed by atoms with Crippen LogP contribution in [0.25, 0.3) is 11.1 Å². The maximum Gasteiger partial charge on any atom is 0.231 e. The van der Waals surface area contributed by atoms with Crippen molar-refractivity contribution in [1.82, 2.24) is 14.8 Å². The maximum atomic E-state index is 14.3. The van der Waals surface area contributed by atoms with Gasteiger partial charge in [-0.1, -0.05) is 12.1 Å². The second-order valence-electron chi connectivity index (χ2n) is 14.6. The predicted molar refractivity (Wildman–Crippen MR) is 170 cm³/mol. The van der Waals surface area contributed by atoms with Crippen LogP contribution in [0.2, 0.25) is 0 Å². The number of anilines is 1. The summed E-state index contributed by atoms with van der Waals surface area (Å²) in [5.74, 6) is 1.79. The van der Waals surface area contributed by atoms with Crippen molar-refractivity contribution < 1.29 is 14.6 Å². The minimum atomic E-state index is -0.289. The number of aryl methyl sites for hydroxylation is 1. The number of aromatic nitrogens is 3. The molecule has 0 saturated heterocycles. The van der Waals surface area contributed by atoms with Crippen molar-refractivity contribution in [2.24, 2.45) is 11.3 Å². The molecule has 0 atom stereocenters. The van der Waals surface area contributed by atoms with E-state index in [0.29, 0.717) is 19.4 Å². The molecule has 4 aliphatic carbocycles. The third-order valence-electron chi connectivity index (χ3n) is 10.8. The molecule has 2 heterocycles. The number of ether oxygens (including phenoxy) is 1. The number of hydrogen-bond acceptors (Lipinski definition) is 5. The van der Waals surface area contributed by atoms with E-state index in [1.807, 2.05) is 28.0 Å². The van der Waals surface area contributed by atoms with Crippen LogP contribution in [-0.2, 0) is 15.7 Å². The second kappa shape index (κ2) is 11.4. The first-order valence-electron chi connectivity index (χ1n) is 16.2. The minimum absolute atomic E-state index is 0.0672. The van der Waals surface area contributed by atoms with Crippen LogP contribution in [0.1, 0.15) is 96.1 Å². The Labute approximate surface area is 256 Å². The van der Waals surface area contributed by atoms with Crippen LogP contribution in [0.4, 0.5) is 5.82 Å². The van der Waals surface area contributed by atoms with Gasteiger partial charge < -0.3 is 9.84 Å². The van der Waals surface area contributed by atoms with E-state index in [-0.39, 0.29) is 34.3 Å². The maximum absolute atomic E-state index is 14.3. The molecule has 7 rings (SSSR count). The second-order valence-corrected chi connectivity index (χ2v) is 14.6. The van der Waals surface area contributed by atoms with Gasteiger partial charge in [-0.15, -0.1) is 0 Å². The molecule has 7 nitrogen and oxygen atoms in total. The molecule has 1 N–H and O–H groups in total. The summed E-state index contributed by atoms with van der Waals surface area (Å²) in [5.41, 5.74) is 4.90. The first kappa shape index (κ1) is 29.9. The highest BCUT2D eigenvalue weighted by molar-refractivity contribution is 5.95. The summed E-state index contributed by atoms with van der Waals surface area (Å²) < 4.78 is 7.52. The fraction of sp³-hybridized carbons (Fsp3) is 0.583. The first-order chi connectivity index (χ1) is 20.5. The van der Waals surface area contributed by atoms with Crippen molar-refractivity contribution >= 4 is 11.7 Å². The largest absolute Gasteiger partial charge is 0.496 e. The topological polar surface area (TPSA) is 80.5 Å². The lowest BCUT2D eigenvalue weighted by atomic mass is 9.51. The Balaban J connectivity index is 1.27. The Bertz CT molecular complexity index is 1440. The van der Waals surface area contributed by atoms with E-state index in [1.165, 1.54) is 11.1 Å². The molecule has 43 heavy (non-hydrogen) atoms. The summed E-state index contributed by atoms with van der Waals surface area (Å²) in [7, 11) is 1.74. The highest BCUT2D eigenvalue weighted by Gasteiger charge is 2.50. The van der Waals surface area contributed by atoms with Gasteiger partial charge in [0, 0.05) is 30.4 Å². The number of amides is 1. The molecule has 1 aromatic carbocycles. The lowest BCUT2D eigenvalue weighted by Gasteiger charge is -2.55. The van der Waals surface area contributed by atoms with Gasteiger partial charge in [0.25, 0.3) is 0 Å². The van der Waals surface area contributed by atoms with Crippen molar-refractivity contribution in [1.29, 1.82) is 0 Å². The third-order valence-corrected chi connectivity index (χ3v) is 10.8. The molecular weight excluding hydrogens is 536 g/mol. The number of aliphatic hydroxyl groups excluding tert-OH is 1. The minimum Gasteiger partial charge on any atom is -0.496 e. The quantitative estimate of drug-likeness (QED) is 0.318. The van der Waals surface area contributed by atoms with Gasteiger partial charge in [-0.05, 0) is 138 Å². The number of carbonyl (C=O) groups is 1. The lowest BCUT2D eigenvalue weighted by Crippen LogP contribution is -2.52. The van der Waals surface area contributed by atoms with Gasteiger partial charge in [0.2, 0.25) is 5.91 Å². The number of fused-ring (bicyclic) bond motifs is 3. The highest BCUT2D eigenvalue weighted by atomic mass is 16.5. The van der Waals surface area contributed by atoms with Crippen LogP contribution < -0.4 is 9.64 Å². The molecule has 2 bridgehead atoms. The van der Waals surface area contributed by atoms with Crippen molar-refractivity contribution in [2.75, 3.05) is 18.6 Å². The van der Waals surface area contributed by atoms with E-state index in [2.05, 4.69) is 63.3 Å². The van der Waals surface area contributed by atoms with Crippen LogP contribution >= 0.6 is 0 Å². The normalized spacial score (nSPS) is 27.2. The van der Waals surface area contributed by atoms with Crippen LogP contribution in [0.3, 0.4) is 0 Å². The molecular formula is C36H48N4O3. The van der Waals surface area contributed by atoms with E-state index in [0.717, 1.165) is 74.1 Å². The molecule has 1 amide bonds. The molecule has 4 aliphatic rings. The average Bonchev–Trinajstić information content (AvgIpc) is 3.53. The molecule has 4 saturated carbocycles. The summed E-state index contributed by atoms with van der Waals surface area (Å²) in [6.07, 6.45) is 15.2. The Hall–Kier alpha value is -3.19. The number of methoxy groups -OCH3 is 1. The van der Waals surface area contributed by atoms with E-state index in [9.17, 15) is 9.90 Å². The molecule has 7 heteroatoms. The summed E-state index contributed by atoms with van der Waals surface area (Å²) in [5, 5.41) is 14.8. The molecule has 3 aromatic rings. The van der Waals surface area contributed by atoms with Crippen LogP contribution in [0, 0.1) is 18.3 Å². The van der Waals surface area contributed by atoms with Gasteiger partial charge >= 0.3 is 0 Å². The van der Waals surface area contributed by atoms with Crippen LogP contribution in [0.5, 0.6) is 5.75 Å². The summed E-state index contributed by atoms with van der Waals surface area (Å²) in [4.78, 5) is 21.1. The highest BCUT2D eigenvalue weighted by Crippen LogP contribution is 2.58. The van der Waals surface area contributed by atoms with Crippen LogP contribution in [-0.4, -0.2) is 45.5 Å². The van der Waals surface area contributed by atoms with Gasteiger partial charge in [-0.3, -0.25) is 14.4 Å². The monoisotopic (exact) mass is 584 g/mol. The van der Waals surface area contributed by atoms with Crippen molar-refractivity contribution in [3.8, 4) is 16.9 Å². The van der Waals surface area contributed by atoms with Gasteiger partial charge in [0.05, 0.1) is 24.9 Å². The predicted octanol–water partition coefficient (Wildman–Crippen LogP) is 7.19. The van der Waals surface area contributed by atoms with E-state index in [4.69, 9.17) is 9.72 Å². The standard InChI is InChI=1S/C36H48N4O3/c1-25-20-29(8-11-31(25)43-5)36-16-13-35(14-17-36,15-18-36)24-39(33(42)26-6-9-30(41)10-7-26)32-21-27(12-19-37-32)28-22-38-40(23-28)34(2,3)4/h8,11-12,19-23,26,30,41H,6-7,9-10,13-18,24H2,1-5H3/t26-,30-,35?,36?. The summed E-state index contributed by atoms with van der Waals surface area (Å²) in [6, 6.07) is 10.8. The molecule has 0 radical (unpaired) electrons. The molecule has 0 aliphatic heterocycles. The van der Waals surface area contributed by atoms with Gasteiger partial charge in [-0.2, -0.15) is 5.10 Å². The molecule has 230 valence electrons. The van der Waals surface area contributed by atoms with E-state index < -0.39 is 0 Å². The van der Waals surface area contributed by atoms with E-state index >= 15 is 0 Å². The smallest absolute Gasteiger partial charge is 0.231 e. The van der Waals surface area contributed by atoms with Gasteiger partial charge in [0.1, 0.15) is 11.6 Å². The zero-order valence-corrected chi connectivity index (χ0v) is 26.6. The fourth-order valence-electron chi connectivity index (χ4n) is 7.88. The van der Waals surface area contributed by atoms with Gasteiger partial charge in [0.15, 0.2) is 0 Å². The summed E-state index contributed by atoms with van der Waals surface area (Å²) in [6.45, 7) is 9.27. The zero-order valence-electron chi connectivity index (χ0n) is 26.6. The molecule has 4 fully saturated rings. The number of pyridine rings is 1. The lowest BCUT2D eigenvalue weighted by molar-refractivity contribution is -0.124. The number of hydrogen-bond donors (Lipinski definition) is 1. The summed E-state index contributed by atoms with van der Waals surface area (Å²) >= 11 is 0. The fourth-order valence-corrected chi connectivity index (χ4v) is 7.88. The number of nitrogens with zero attached hydrogens (tertiary/aromatic N) is 4. The SMILES string of the molecule is COc1ccc(C23CCC(CN(c4cc(-c5cnn(C(C)(C)C)c5)ccn4)C(=O)[C@H]4CC[C@H](O)CC4)(CC2)CC3)cc1C. The van der Waals surface area contributed by atoms with Crippen LogP contribution in [0.15, 0.2) is 48.9 Å². The molecule has 2 aromatic heterocycles. The van der Waals surface area contributed by atoms with Crippen molar-refractivity contribution in [3.05, 3.63) is 60.0 Å². The Kier molecular flexibility index (Phi) is 7.91.